The number of hydrogen-bond donors (Lipinski definition) is 3. The summed E-state index contributed by atoms with van der Waals surface area (Å²) < 4.78 is 0. The van der Waals surface area contributed by atoms with Crippen molar-refractivity contribution in [3.8, 4) is 10.6 Å². The molecule has 2 aromatic heterocycles. The molecule has 27 heavy (non-hydrogen) atoms. The highest BCUT2D eigenvalue weighted by Gasteiger charge is 2.28. The van der Waals surface area contributed by atoms with E-state index in [0.29, 0.717) is 0 Å². The maximum absolute atomic E-state index is 12.7. The van der Waals surface area contributed by atoms with Crippen molar-refractivity contribution in [2.75, 3.05) is 5.32 Å². The van der Waals surface area contributed by atoms with E-state index in [9.17, 15) is 4.79 Å². The number of hydrogen-bond acceptors (Lipinski definition) is 5. The van der Waals surface area contributed by atoms with Gasteiger partial charge in [-0.3, -0.25) is 4.79 Å². The van der Waals surface area contributed by atoms with Crippen molar-refractivity contribution >= 4 is 39.7 Å². The van der Waals surface area contributed by atoms with Crippen molar-refractivity contribution in [3.05, 3.63) is 21.5 Å². The van der Waals surface area contributed by atoms with E-state index in [2.05, 4.69) is 15.7 Å². The van der Waals surface area contributed by atoms with E-state index in [0.717, 1.165) is 41.4 Å². The van der Waals surface area contributed by atoms with Gasteiger partial charge in [0.1, 0.15) is 10.0 Å². The Kier molecular flexibility index (Phi) is 6.49. The minimum Gasteiger partial charge on any atom is -0.450 e. The summed E-state index contributed by atoms with van der Waals surface area (Å²) in [6.07, 6.45) is 7.42. The molecule has 146 valence electrons. The van der Waals surface area contributed by atoms with Gasteiger partial charge in [-0.1, -0.05) is 19.3 Å². The minimum atomic E-state index is -1.83. The lowest BCUT2D eigenvalue weighted by Gasteiger charge is -2.20. The molecule has 0 saturated heterocycles. The van der Waals surface area contributed by atoms with E-state index in [1.807, 2.05) is 6.92 Å². The summed E-state index contributed by atoms with van der Waals surface area (Å²) in [5.74, 6) is 0.422. The number of rotatable bonds is 3. The van der Waals surface area contributed by atoms with Gasteiger partial charge in [0.25, 0.3) is 0 Å². The van der Waals surface area contributed by atoms with Crippen LogP contribution in [0.1, 0.15) is 54.7 Å². The minimum absolute atomic E-state index is 0.201. The van der Waals surface area contributed by atoms with Crippen LogP contribution in [-0.2, 0) is 17.6 Å². The van der Waals surface area contributed by atoms with Crippen molar-refractivity contribution in [3.63, 3.8) is 0 Å². The second-order valence-electron chi connectivity index (χ2n) is 6.96. The Morgan fingerprint density at radius 1 is 1.15 bits per heavy atom. The molecule has 0 aromatic carbocycles. The van der Waals surface area contributed by atoms with Crippen LogP contribution in [0.15, 0.2) is 5.38 Å². The zero-order valence-electron chi connectivity index (χ0n) is 15.3. The molecule has 2 aliphatic carbocycles. The van der Waals surface area contributed by atoms with Crippen LogP contribution in [0, 0.1) is 12.8 Å². The third kappa shape index (κ3) is 4.87. The monoisotopic (exact) mass is 408 g/mol. The Morgan fingerprint density at radius 3 is 2.48 bits per heavy atom. The third-order valence-electron chi connectivity index (χ3n) is 4.97. The van der Waals surface area contributed by atoms with Crippen molar-refractivity contribution in [2.45, 2.75) is 58.3 Å². The molecule has 0 bridgehead atoms. The molecule has 0 aliphatic heterocycles. The van der Waals surface area contributed by atoms with Gasteiger partial charge in [-0.25, -0.2) is 9.78 Å². The van der Waals surface area contributed by atoms with E-state index in [-0.39, 0.29) is 11.8 Å². The number of thiophene rings is 1. The van der Waals surface area contributed by atoms with E-state index in [1.54, 1.807) is 22.7 Å². The molecule has 0 radical (unpaired) electrons. The van der Waals surface area contributed by atoms with Crippen LogP contribution in [0.2, 0.25) is 0 Å². The van der Waals surface area contributed by atoms with Gasteiger partial charge in [0.05, 0.1) is 0 Å². The van der Waals surface area contributed by atoms with Crippen molar-refractivity contribution < 1.29 is 19.8 Å². The van der Waals surface area contributed by atoms with E-state index in [1.165, 1.54) is 41.7 Å². The number of carbonyl (C=O) groups excluding carboxylic acids is 1. The van der Waals surface area contributed by atoms with Crippen LogP contribution in [0.4, 0.5) is 9.80 Å². The molecule has 2 heterocycles. The maximum Gasteiger partial charge on any atom is 0.503 e. The molecule has 1 fully saturated rings. The first-order valence-corrected chi connectivity index (χ1v) is 10.9. The summed E-state index contributed by atoms with van der Waals surface area (Å²) in [6, 6.07) is 0. The lowest BCUT2D eigenvalue weighted by Crippen LogP contribution is -2.24. The second-order valence-corrected chi connectivity index (χ2v) is 8.93. The Hall–Kier alpha value is -1.93. The van der Waals surface area contributed by atoms with Crippen LogP contribution in [0.25, 0.3) is 10.6 Å². The first-order chi connectivity index (χ1) is 13.0. The predicted octanol–water partition coefficient (Wildman–Crippen LogP) is 5.41. The second kappa shape index (κ2) is 8.84. The number of aromatic nitrogens is 1. The van der Waals surface area contributed by atoms with Crippen molar-refractivity contribution in [1.29, 1.82) is 0 Å². The molecule has 0 unspecified atom stereocenters. The number of aryl methyl sites for hydroxylation is 2. The summed E-state index contributed by atoms with van der Waals surface area (Å²) in [6.45, 7) is 2.03. The molecular formula is C19H24N2O4S2. The number of anilines is 1. The Morgan fingerprint density at radius 2 is 1.85 bits per heavy atom. The van der Waals surface area contributed by atoms with Crippen LogP contribution < -0.4 is 5.32 Å². The molecule has 1 amide bonds. The maximum atomic E-state index is 12.7. The number of thiazole rings is 1. The summed E-state index contributed by atoms with van der Waals surface area (Å²) in [5, 5.41) is 21.4. The highest BCUT2D eigenvalue weighted by molar-refractivity contribution is 7.18. The van der Waals surface area contributed by atoms with Gasteiger partial charge >= 0.3 is 6.16 Å². The molecule has 4 rings (SSSR count). The Balaban J connectivity index is 0.000000481. The normalized spacial score (nSPS) is 16.3. The summed E-state index contributed by atoms with van der Waals surface area (Å²) in [7, 11) is 0. The van der Waals surface area contributed by atoms with Gasteiger partial charge in [-0.2, -0.15) is 0 Å². The molecule has 2 aromatic rings. The predicted molar refractivity (Wildman–Crippen MR) is 108 cm³/mol. The molecule has 6 nitrogen and oxygen atoms in total. The van der Waals surface area contributed by atoms with Crippen molar-refractivity contribution in [1.82, 2.24) is 4.98 Å². The number of amides is 1. The van der Waals surface area contributed by atoms with Gasteiger partial charge in [-0.05, 0) is 44.6 Å². The molecule has 0 atom stereocenters. The lowest BCUT2D eigenvalue weighted by atomic mass is 9.89. The molecule has 1 saturated carbocycles. The van der Waals surface area contributed by atoms with Crippen molar-refractivity contribution in [2.24, 2.45) is 5.92 Å². The molecule has 3 N–H and O–H groups in total. The van der Waals surface area contributed by atoms with E-state index in [4.69, 9.17) is 15.0 Å². The third-order valence-corrected chi connectivity index (χ3v) is 7.15. The number of nitrogens with one attached hydrogen (secondary N) is 1. The number of nitrogens with zero attached hydrogens (tertiary/aromatic N) is 1. The first kappa shape index (κ1) is 19.8. The average Bonchev–Trinajstić information content (AvgIpc) is 3.31. The molecule has 0 spiro atoms. The quantitative estimate of drug-likeness (QED) is 0.630. The van der Waals surface area contributed by atoms with Gasteiger partial charge < -0.3 is 15.5 Å². The fraction of sp³-hybridized carbons (Fsp3) is 0.526. The summed E-state index contributed by atoms with van der Waals surface area (Å²) in [5.41, 5.74) is 3.71. The largest absolute Gasteiger partial charge is 0.503 e. The van der Waals surface area contributed by atoms with Crippen LogP contribution in [-0.4, -0.2) is 27.3 Å². The highest BCUT2D eigenvalue weighted by atomic mass is 32.1. The molecule has 2 aliphatic rings. The average molecular weight is 409 g/mol. The topological polar surface area (TPSA) is 99.5 Å². The Bertz CT molecular complexity index is 818. The molecular weight excluding hydrogens is 384 g/mol. The van der Waals surface area contributed by atoms with Crippen LogP contribution in [0.3, 0.4) is 0 Å². The zero-order valence-corrected chi connectivity index (χ0v) is 16.9. The smallest absolute Gasteiger partial charge is 0.450 e. The van der Waals surface area contributed by atoms with E-state index >= 15 is 0 Å². The van der Waals surface area contributed by atoms with Gasteiger partial charge in [0.2, 0.25) is 5.91 Å². The van der Waals surface area contributed by atoms with Gasteiger partial charge in [-0.15, -0.1) is 22.7 Å². The summed E-state index contributed by atoms with van der Waals surface area (Å²) in [4.78, 5) is 27.4. The number of fused-ring (bicyclic) bond motifs is 1. The number of carbonyl (C=O) groups is 2. The van der Waals surface area contributed by atoms with E-state index < -0.39 is 6.16 Å². The fourth-order valence-corrected chi connectivity index (χ4v) is 6.00. The van der Waals surface area contributed by atoms with Crippen LogP contribution in [0.5, 0.6) is 0 Å². The zero-order chi connectivity index (χ0) is 19.4. The standard InChI is InChI=1S/C18H22N2OS2.CH2O3/c1-11-10-22-17(19-11)15-13-8-5-9-14(13)23-18(15)20-16(21)12-6-3-2-4-7-12;2-1(3)4/h10,12H,2-9H2,1H3,(H,20,21);(H2,2,3,4). The first-order valence-electron chi connectivity index (χ1n) is 9.25. The Labute approximate surface area is 166 Å². The lowest BCUT2D eigenvalue weighted by molar-refractivity contribution is -0.120. The van der Waals surface area contributed by atoms with Gasteiger partial charge in [0, 0.05) is 27.4 Å². The SMILES string of the molecule is Cc1csc(-c2c(NC(=O)C3CCCCC3)sc3c2CCC3)n1.O=C(O)O. The van der Waals surface area contributed by atoms with Crippen LogP contribution >= 0.6 is 22.7 Å². The van der Waals surface area contributed by atoms with Gasteiger partial charge in [0.15, 0.2) is 0 Å². The molecule has 8 heteroatoms. The highest BCUT2D eigenvalue weighted by Crippen LogP contribution is 2.46. The summed E-state index contributed by atoms with van der Waals surface area (Å²) >= 11 is 3.47. The fourth-order valence-electron chi connectivity index (χ4n) is 3.77. The number of carboxylic acid groups (broad SMARTS) is 2.